The largest absolute Gasteiger partial charge is 0.491 e. The van der Waals surface area contributed by atoms with E-state index in [9.17, 15) is 9.59 Å². The van der Waals surface area contributed by atoms with E-state index in [-0.39, 0.29) is 18.2 Å². The van der Waals surface area contributed by atoms with Crippen LogP contribution in [-0.2, 0) is 30.2 Å². The van der Waals surface area contributed by atoms with Gasteiger partial charge >= 0.3 is 0 Å². The molecule has 0 spiro atoms. The molecule has 2 aliphatic heterocycles. The van der Waals surface area contributed by atoms with Crippen LogP contribution in [0.1, 0.15) is 51.2 Å². The van der Waals surface area contributed by atoms with Gasteiger partial charge in [-0.25, -0.2) is 4.98 Å². The molecule has 0 aliphatic carbocycles. The number of carbonyl (C=O) groups is 2. The number of nitrogens with one attached hydrogen (secondary N) is 3. The number of halogens is 1. The maximum atomic E-state index is 13.5. The van der Waals surface area contributed by atoms with Gasteiger partial charge in [0.1, 0.15) is 35.0 Å². The monoisotopic (exact) mass is 874 g/mol. The SMILES string of the molecule is Cc1sc2c(c1C)C(c1ccc(Cl)cc1)=N[C@@H](CC(=O)Nc1ccc(OCCOCCOCCOCCNc3cc(-c4ccc5c(c4)NC(=O)C5)ccn3)cc1)c1nnc(C)n1-2. The zero-order valence-electron chi connectivity index (χ0n) is 34.7. The van der Waals surface area contributed by atoms with Crippen molar-refractivity contribution in [3.63, 3.8) is 0 Å². The highest BCUT2D eigenvalue weighted by molar-refractivity contribution is 7.15. The lowest BCUT2D eigenvalue weighted by Gasteiger charge is -2.13. The maximum absolute atomic E-state index is 13.5. The number of amides is 2. The predicted molar refractivity (Wildman–Crippen MR) is 241 cm³/mol. The van der Waals surface area contributed by atoms with Crippen molar-refractivity contribution in [1.82, 2.24) is 19.7 Å². The summed E-state index contributed by atoms with van der Waals surface area (Å²) in [6.45, 7) is 9.79. The molecule has 3 aromatic carbocycles. The number of nitrogens with zero attached hydrogens (tertiary/aromatic N) is 5. The molecule has 1 atom stereocenters. The van der Waals surface area contributed by atoms with Gasteiger partial charge in [0, 0.05) is 45.1 Å². The first kappa shape index (κ1) is 42.7. The number of carbonyl (C=O) groups excluding carboxylic acids is 2. The second-order valence-corrected chi connectivity index (χ2v) is 16.5. The fourth-order valence-corrected chi connectivity index (χ4v) is 8.61. The summed E-state index contributed by atoms with van der Waals surface area (Å²) in [5.41, 5.74) is 8.43. The van der Waals surface area contributed by atoms with Crippen LogP contribution in [0.3, 0.4) is 0 Å². The standard InChI is InChI=1S/C46H47ClN8O6S/c1-28-29(2)62-46-43(28)44(31-6-8-35(47)9-7-31)52-39(45-54-53-30(3)55(45)46)27-42(57)50-36-10-12-37(13-11-36)61-23-22-60-21-20-59-19-18-58-17-16-49-40-25-33(14-15-48-40)32-4-5-34-26-41(56)51-38(34)24-32/h4-15,24-25,39H,16-23,26-27H2,1-3H3,(H,48,49)(H,50,57)(H,51,56)/t39-/m0/s1. The van der Waals surface area contributed by atoms with Gasteiger partial charge in [0.2, 0.25) is 11.8 Å². The Labute approximate surface area is 368 Å². The molecule has 16 heteroatoms. The molecule has 0 bridgehead atoms. The molecule has 3 N–H and O–H groups in total. The Morgan fingerprint density at radius 2 is 1.56 bits per heavy atom. The van der Waals surface area contributed by atoms with E-state index in [0.717, 1.165) is 61.4 Å². The van der Waals surface area contributed by atoms with Crippen molar-refractivity contribution in [2.45, 2.75) is 39.7 Å². The van der Waals surface area contributed by atoms with Crippen molar-refractivity contribution < 1.29 is 28.5 Å². The molecule has 0 radical (unpaired) electrons. The molecule has 0 saturated carbocycles. The summed E-state index contributed by atoms with van der Waals surface area (Å²) in [6, 6.07) is 24.2. The third kappa shape index (κ3) is 10.2. The lowest BCUT2D eigenvalue weighted by Crippen LogP contribution is -2.17. The van der Waals surface area contributed by atoms with Gasteiger partial charge in [0.25, 0.3) is 0 Å². The van der Waals surface area contributed by atoms with Crippen LogP contribution in [0.5, 0.6) is 5.75 Å². The summed E-state index contributed by atoms with van der Waals surface area (Å²) < 4.78 is 24.9. The summed E-state index contributed by atoms with van der Waals surface area (Å²) in [5, 5.41) is 19.7. The van der Waals surface area contributed by atoms with Crippen LogP contribution in [0.2, 0.25) is 5.02 Å². The zero-order chi connectivity index (χ0) is 43.0. The van der Waals surface area contributed by atoms with Crippen LogP contribution in [0.15, 0.2) is 90.1 Å². The second-order valence-electron chi connectivity index (χ2n) is 14.8. The van der Waals surface area contributed by atoms with E-state index in [1.807, 2.05) is 78.2 Å². The third-order valence-electron chi connectivity index (χ3n) is 10.5. The molecule has 320 valence electrons. The highest BCUT2D eigenvalue weighted by Gasteiger charge is 2.32. The first-order valence-electron chi connectivity index (χ1n) is 20.5. The summed E-state index contributed by atoms with van der Waals surface area (Å²) in [4.78, 5) is 36.0. The molecule has 0 saturated heterocycles. The number of fused-ring (bicyclic) bond motifs is 4. The van der Waals surface area contributed by atoms with Crippen LogP contribution in [0.25, 0.3) is 16.1 Å². The number of rotatable bonds is 19. The molecule has 8 rings (SSSR count). The highest BCUT2D eigenvalue weighted by atomic mass is 35.5. The van der Waals surface area contributed by atoms with E-state index in [1.54, 1.807) is 29.7 Å². The van der Waals surface area contributed by atoms with Crippen molar-refractivity contribution in [2.75, 3.05) is 68.7 Å². The summed E-state index contributed by atoms with van der Waals surface area (Å²) in [7, 11) is 0. The van der Waals surface area contributed by atoms with Crippen LogP contribution in [-0.4, -0.2) is 90.1 Å². The Morgan fingerprint density at radius 1 is 0.855 bits per heavy atom. The molecule has 14 nitrogen and oxygen atoms in total. The number of hydrogen-bond acceptors (Lipinski definition) is 12. The van der Waals surface area contributed by atoms with Gasteiger partial charge in [-0.2, -0.15) is 0 Å². The van der Waals surface area contributed by atoms with Crippen molar-refractivity contribution in [3.05, 3.63) is 129 Å². The van der Waals surface area contributed by atoms with E-state index >= 15 is 0 Å². The number of ether oxygens (including phenoxy) is 4. The Balaban J connectivity index is 0.713. The predicted octanol–water partition coefficient (Wildman–Crippen LogP) is 7.93. The van der Waals surface area contributed by atoms with E-state index in [4.69, 9.17) is 35.5 Å². The van der Waals surface area contributed by atoms with Crippen LogP contribution < -0.4 is 20.7 Å². The fraction of sp³-hybridized carbons (Fsp3) is 0.304. The number of hydrogen-bond donors (Lipinski definition) is 3. The first-order chi connectivity index (χ1) is 30.2. The van der Waals surface area contributed by atoms with Crippen molar-refractivity contribution in [1.29, 1.82) is 0 Å². The number of thiophene rings is 1. The van der Waals surface area contributed by atoms with Gasteiger partial charge in [-0.3, -0.25) is 19.1 Å². The normalized spacial score (nSPS) is 14.0. The van der Waals surface area contributed by atoms with Gasteiger partial charge in [-0.05, 0) is 97.6 Å². The quantitative estimate of drug-likeness (QED) is 0.0682. The number of pyridine rings is 1. The maximum Gasteiger partial charge on any atom is 0.228 e. The molecule has 3 aromatic heterocycles. The second kappa shape index (κ2) is 19.8. The van der Waals surface area contributed by atoms with E-state index in [2.05, 4.69) is 45.0 Å². The summed E-state index contributed by atoms with van der Waals surface area (Å²) in [6.07, 6.45) is 2.26. The molecule has 6 aromatic rings. The van der Waals surface area contributed by atoms with Gasteiger partial charge in [-0.1, -0.05) is 35.9 Å². The Bertz CT molecular complexity index is 2580. The molecule has 5 heterocycles. The van der Waals surface area contributed by atoms with Crippen molar-refractivity contribution in [3.8, 4) is 21.9 Å². The van der Waals surface area contributed by atoms with Crippen molar-refractivity contribution in [2.24, 2.45) is 4.99 Å². The van der Waals surface area contributed by atoms with E-state index in [0.29, 0.717) is 81.5 Å². The number of benzene rings is 3. The van der Waals surface area contributed by atoms with Crippen LogP contribution >= 0.6 is 22.9 Å². The Hall–Kier alpha value is -5.97. The summed E-state index contributed by atoms with van der Waals surface area (Å²) in [5.74, 6) is 2.60. The number of aryl methyl sites for hydroxylation is 2. The number of aliphatic imine (C=N–C) groups is 1. The fourth-order valence-electron chi connectivity index (χ4n) is 7.27. The number of anilines is 3. The Morgan fingerprint density at radius 3 is 2.34 bits per heavy atom. The molecule has 0 unspecified atom stereocenters. The highest BCUT2D eigenvalue weighted by Crippen LogP contribution is 2.40. The zero-order valence-corrected chi connectivity index (χ0v) is 36.3. The average molecular weight is 875 g/mol. The molecule has 2 aliphatic rings. The Kier molecular flexibility index (Phi) is 13.7. The van der Waals surface area contributed by atoms with Crippen LogP contribution in [0.4, 0.5) is 17.2 Å². The lowest BCUT2D eigenvalue weighted by atomic mass is 9.99. The topological polar surface area (TPSA) is 163 Å². The molecule has 62 heavy (non-hydrogen) atoms. The third-order valence-corrected chi connectivity index (χ3v) is 11.9. The molecular formula is C46H47ClN8O6S. The summed E-state index contributed by atoms with van der Waals surface area (Å²) >= 11 is 7.91. The smallest absolute Gasteiger partial charge is 0.228 e. The number of aromatic nitrogens is 4. The van der Waals surface area contributed by atoms with E-state index in [1.165, 1.54) is 4.88 Å². The average Bonchev–Trinajstić information content (AvgIpc) is 3.91. The first-order valence-corrected chi connectivity index (χ1v) is 21.6. The minimum Gasteiger partial charge on any atom is -0.491 e. The minimum atomic E-state index is -0.569. The van der Waals surface area contributed by atoms with Crippen molar-refractivity contribution >= 4 is 57.7 Å². The van der Waals surface area contributed by atoms with Gasteiger partial charge in [-0.15, -0.1) is 21.5 Å². The van der Waals surface area contributed by atoms with Gasteiger partial charge in [0.05, 0.1) is 58.2 Å². The lowest BCUT2D eigenvalue weighted by molar-refractivity contribution is -0.117. The molecule has 0 fully saturated rings. The van der Waals surface area contributed by atoms with Gasteiger partial charge in [0.15, 0.2) is 5.82 Å². The molecule has 2 amide bonds. The van der Waals surface area contributed by atoms with Crippen LogP contribution in [0, 0.1) is 20.8 Å². The van der Waals surface area contributed by atoms with E-state index < -0.39 is 6.04 Å². The molecular weight excluding hydrogens is 828 g/mol. The minimum absolute atomic E-state index is 0.0239. The van der Waals surface area contributed by atoms with Gasteiger partial charge < -0.3 is 34.9 Å².